The van der Waals surface area contributed by atoms with Crippen molar-refractivity contribution in [3.63, 3.8) is 0 Å². The van der Waals surface area contributed by atoms with E-state index in [4.69, 9.17) is 14.6 Å². The minimum absolute atomic E-state index is 0.173. The van der Waals surface area contributed by atoms with E-state index < -0.39 is 0 Å². The number of ether oxygens (including phenoxy) is 2. The van der Waals surface area contributed by atoms with Crippen LogP contribution in [0.3, 0.4) is 0 Å². The van der Waals surface area contributed by atoms with Gasteiger partial charge in [0.1, 0.15) is 11.9 Å². The first-order chi connectivity index (χ1) is 9.22. The Morgan fingerprint density at radius 2 is 2.37 bits per heavy atom. The number of fused-ring (bicyclic) bond motifs is 1. The molecule has 1 aromatic rings. The fourth-order valence-electron chi connectivity index (χ4n) is 2.46. The molecule has 2 N–H and O–H groups in total. The van der Waals surface area contributed by atoms with E-state index in [-0.39, 0.29) is 18.8 Å². The van der Waals surface area contributed by atoms with E-state index in [1.165, 1.54) is 11.1 Å². The van der Waals surface area contributed by atoms with Crippen LogP contribution in [0.2, 0.25) is 0 Å². The molecule has 0 aromatic heterocycles. The number of hydrogen-bond donors (Lipinski definition) is 2. The number of aryl methyl sites for hydroxylation is 1. The van der Waals surface area contributed by atoms with Gasteiger partial charge in [-0.15, -0.1) is 0 Å². The Labute approximate surface area is 114 Å². The SMILES string of the molecule is COCC(CCO)NCC1Cc2cc(C)ccc2O1. The molecule has 2 rings (SSSR count). The molecule has 4 heteroatoms. The van der Waals surface area contributed by atoms with Crippen LogP contribution in [0.4, 0.5) is 0 Å². The molecule has 1 aliphatic rings. The summed E-state index contributed by atoms with van der Waals surface area (Å²) in [6, 6.07) is 6.50. The average molecular weight is 265 g/mol. The first-order valence-corrected chi connectivity index (χ1v) is 6.82. The topological polar surface area (TPSA) is 50.7 Å². The molecule has 0 saturated carbocycles. The molecule has 1 heterocycles. The van der Waals surface area contributed by atoms with Crippen molar-refractivity contribution >= 4 is 0 Å². The molecule has 0 bridgehead atoms. The predicted molar refractivity (Wildman–Crippen MR) is 74.7 cm³/mol. The van der Waals surface area contributed by atoms with Crippen LogP contribution in [0, 0.1) is 6.92 Å². The van der Waals surface area contributed by atoms with Gasteiger partial charge in [0.2, 0.25) is 0 Å². The summed E-state index contributed by atoms with van der Waals surface area (Å²) in [5, 5.41) is 12.4. The van der Waals surface area contributed by atoms with E-state index in [0.717, 1.165) is 18.7 Å². The van der Waals surface area contributed by atoms with Crippen LogP contribution in [0.25, 0.3) is 0 Å². The molecule has 2 unspecified atom stereocenters. The molecule has 0 saturated heterocycles. The normalized spacial score (nSPS) is 19.0. The lowest BCUT2D eigenvalue weighted by atomic mass is 10.1. The summed E-state index contributed by atoms with van der Waals surface area (Å²) in [6.45, 7) is 3.66. The minimum atomic E-state index is 0.173. The van der Waals surface area contributed by atoms with Gasteiger partial charge in [0.15, 0.2) is 0 Å². The third-order valence-electron chi connectivity index (χ3n) is 3.44. The van der Waals surface area contributed by atoms with Gasteiger partial charge in [-0.3, -0.25) is 0 Å². The standard InChI is InChI=1S/C15H23NO3/c1-11-3-4-15-12(7-11)8-14(19-15)9-16-13(5-6-17)10-18-2/h3-4,7,13-14,16-17H,5-6,8-10H2,1-2H3. The van der Waals surface area contributed by atoms with Crippen molar-refractivity contribution in [3.05, 3.63) is 29.3 Å². The van der Waals surface area contributed by atoms with Crippen LogP contribution >= 0.6 is 0 Å². The van der Waals surface area contributed by atoms with Gasteiger partial charge in [0.05, 0.1) is 6.61 Å². The number of nitrogens with one attached hydrogen (secondary N) is 1. The van der Waals surface area contributed by atoms with E-state index >= 15 is 0 Å². The Morgan fingerprint density at radius 1 is 1.53 bits per heavy atom. The summed E-state index contributed by atoms with van der Waals surface area (Å²) < 4.78 is 11.0. The largest absolute Gasteiger partial charge is 0.488 e. The van der Waals surface area contributed by atoms with Crippen molar-refractivity contribution in [2.24, 2.45) is 0 Å². The van der Waals surface area contributed by atoms with Gasteiger partial charge in [-0.25, -0.2) is 0 Å². The van der Waals surface area contributed by atoms with E-state index in [2.05, 4.69) is 24.4 Å². The molecule has 0 aliphatic carbocycles. The highest BCUT2D eigenvalue weighted by atomic mass is 16.5. The molecule has 106 valence electrons. The summed E-state index contributed by atoms with van der Waals surface area (Å²) in [7, 11) is 1.68. The maximum absolute atomic E-state index is 9.00. The molecule has 0 radical (unpaired) electrons. The molecule has 19 heavy (non-hydrogen) atoms. The monoisotopic (exact) mass is 265 g/mol. The van der Waals surface area contributed by atoms with E-state index in [0.29, 0.717) is 13.0 Å². The molecule has 0 fully saturated rings. The van der Waals surface area contributed by atoms with Gasteiger partial charge < -0.3 is 19.9 Å². The number of hydrogen-bond acceptors (Lipinski definition) is 4. The van der Waals surface area contributed by atoms with Gasteiger partial charge in [-0.2, -0.15) is 0 Å². The van der Waals surface area contributed by atoms with Gasteiger partial charge in [0.25, 0.3) is 0 Å². The Balaban J connectivity index is 1.82. The van der Waals surface area contributed by atoms with Crippen molar-refractivity contribution in [2.75, 3.05) is 26.9 Å². The van der Waals surface area contributed by atoms with E-state index in [1.807, 2.05) is 6.07 Å². The minimum Gasteiger partial charge on any atom is -0.488 e. The van der Waals surface area contributed by atoms with Crippen molar-refractivity contribution in [1.82, 2.24) is 5.32 Å². The van der Waals surface area contributed by atoms with E-state index in [1.54, 1.807) is 7.11 Å². The molecule has 0 amide bonds. The van der Waals surface area contributed by atoms with Crippen molar-refractivity contribution in [3.8, 4) is 5.75 Å². The quantitative estimate of drug-likeness (QED) is 0.780. The van der Waals surface area contributed by atoms with Crippen LogP contribution in [-0.2, 0) is 11.2 Å². The first kappa shape index (κ1) is 14.3. The van der Waals surface area contributed by atoms with Gasteiger partial charge in [-0.1, -0.05) is 17.7 Å². The van der Waals surface area contributed by atoms with Crippen LogP contribution in [-0.4, -0.2) is 44.1 Å². The highest BCUT2D eigenvalue weighted by Gasteiger charge is 2.23. The van der Waals surface area contributed by atoms with E-state index in [9.17, 15) is 0 Å². The third kappa shape index (κ3) is 3.93. The fourth-order valence-corrected chi connectivity index (χ4v) is 2.46. The molecular weight excluding hydrogens is 242 g/mol. The Kier molecular flexibility index (Phi) is 5.19. The summed E-state index contributed by atoms with van der Waals surface area (Å²) in [5.74, 6) is 1.00. The molecular formula is C15H23NO3. The predicted octanol–water partition coefficient (Wildman–Crippen LogP) is 1.29. The molecule has 1 aliphatic heterocycles. The molecule has 0 spiro atoms. The maximum atomic E-state index is 9.00. The highest BCUT2D eigenvalue weighted by Crippen LogP contribution is 2.29. The lowest BCUT2D eigenvalue weighted by Gasteiger charge is -2.19. The Bertz CT molecular complexity index is 402. The second-order valence-electron chi connectivity index (χ2n) is 5.13. The average Bonchev–Trinajstić information content (AvgIpc) is 2.78. The highest BCUT2D eigenvalue weighted by molar-refractivity contribution is 5.40. The van der Waals surface area contributed by atoms with Crippen molar-refractivity contribution in [1.29, 1.82) is 0 Å². The zero-order chi connectivity index (χ0) is 13.7. The molecule has 2 atom stereocenters. The van der Waals surface area contributed by atoms with Gasteiger partial charge in [-0.05, 0) is 25.0 Å². The number of methoxy groups -OCH3 is 1. The smallest absolute Gasteiger partial charge is 0.123 e. The summed E-state index contributed by atoms with van der Waals surface area (Å²) in [5.41, 5.74) is 2.56. The van der Waals surface area contributed by atoms with Crippen molar-refractivity contribution < 1.29 is 14.6 Å². The summed E-state index contributed by atoms with van der Waals surface area (Å²) >= 11 is 0. The van der Waals surface area contributed by atoms with Crippen LogP contribution < -0.4 is 10.1 Å². The third-order valence-corrected chi connectivity index (χ3v) is 3.44. The number of aliphatic hydroxyl groups is 1. The van der Waals surface area contributed by atoms with Crippen molar-refractivity contribution in [2.45, 2.75) is 31.9 Å². The van der Waals surface area contributed by atoms with Crippen LogP contribution in [0.5, 0.6) is 5.75 Å². The van der Waals surface area contributed by atoms with Gasteiger partial charge >= 0.3 is 0 Å². The second-order valence-corrected chi connectivity index (χ2v) is 5.13. The number of rotatable bonds is 7. The maximum Gasteiger partial charge on any atom is 0.123 e. The van der Waals surface area contributed by atoms with Gasteiger partial charge in [0, 0.05) is 32.7 Å². The zero-order valence-electron chi connectivity index (χ0n) is 11.7. The molecule has 4 nitrogen and oxygen atoms in total. The van der Waals surface area contributed by atoms with Crippen LogP contribution in [0.1, 0.15) is 17.5 Å². The molecule has 1 aromatic carbocycles. The lowest BCUT2D eigenvalue weighted by Crippen LogP contribution is -2.40. The summed E-state index contributed by atoms with van der Waals surface area (Å²) in [6.07, 6.45) is 1.82. The number of aliphatic hydroxyl groups excluding tert-OH is 1. The zero-order valence-corrected chi connectivity index (χ0v) is 11.7. The second kappa shape index (κ2) is 6.89. The Hall–Kier alpha value is -1.10. The summed E-state index contributed by atoms with van der Waals surface area (Å²) in [4.78, 5) is 0. The first-order valence-electron chi connectivity index (χ1n) is 6.82. The van der Waals surface area contributed by atoms with Crippen LogP contribution in [0.15, 0.2) is 18.2 Å². The Morgan fingerprint density at radius 3 is 3.11 bits per heavy atom. The number of benzene rings is 1. The fraction of sp³-hybridized carbons (Fsp3) is 0.600. The lowest BCUT2D eigenvalue weighted by molar-refractivity contribution is 0.138.